The number of alkyl halides is 3. The third-order valence-electron chi connectivity index (χ3n) is 4.22. The minimum Gasteiger partial charge on any atom is -0.295 e. The zero-order chi connectivity index (χ0) is 20.6. The van der Waals surface area contributed by atoms with Crippen LogP contribution in [0.2, 0.25) is 0 Å². The van der Waals surface area contributed by atoms with Crippen LogP contribution in [-0.4, -0.2) is 20.3 Å². The van der Waals surface area contributed by atoms with Crippen LogP contribution in [0.3, 0.4) is 0 Å². The van der Waals surface area contributed by atoms with E-state index in [1.165, 1.54) is 15.3 Å². The van der Waals surface area contributed by atoms with E-state index >= 15 is 0 Å². The Morgan fingerprint density at radius 1 is 1.11 bits per heavy atom. The lowest BCUT2D eigenvalue weighted by Gasteiger charge is -2.08. The second-order valence-electron chi connectivity index (χ2n) is 6.01. The van der Waals surface area contributed by atoms with E-state index in [1.54, 1.807) is 32.3 Å². The lowest BCUT2D eigenvalue weighted by Crippen LogP contribution is -2.19. The Morgan fingerprint density at radius 2 is 1.79 bits per heavy atom. The highest BCUT2D eigenvalue weighted by molar-refractivity contribution is 5.88. The molecule has 1 N–H and O–H groups in total. The Hall–Kier alpha value is -3.63. The van der Waals surface area contributed by atoms with Gasteiger partial charge in [0.15, 0.2) is 0 Å². The first-order chi connectivity index (χ1) is 13.1. The van der Waals surface area contributed by atoms with Crippen molar-refractivity contribution in [2.75, 3.05) is 5.43 Å². The molecule has 3 aromatic rings. The highest BCUT2D eigenvalue weighted by Gasteiger charge is 2.33. The Labute approximate surface area is 155 Å². The Bertz CT molecular complexity index is 1160. The van der Waals surface area contributed by atoms with Gasteiger partial charge in [0.2, 0.25) is 0 Å². The lowest BCUT2D eigenvalue weighted by atomic mass is 10.1. The number of fused-ring (bicyclic) bond motifs is 1. The molecular weight excluding hydrogens is 379 g/mol. The van der Waals surface area contributed by atoms with Crippen molar-refractivity contribution in [3.63, 3.8) is 0 Å². The summed E-state index contributed by atoms with van der Waals surface area (Å²) in [4.78, 5) is 22.1. The molecule has 0 radical (unpaired) electrons. The van der Waals surface area contributed by atoms with E-state index in [-0.39, 0.29) is 11.4 Å². The second-order valence-corrected chi connectivity index (χ2v) is 6.01. The predicted molar refractivity (Wildman–Crippen MR) is 97.5 cm³/mol. The van der Waals surface area contributed by atoms with Gasteiger partial charge >= 0.3 is 11.9 Å². The van der Waals surface area contributed by atoms with Gasteiger partial charge in [0.05, 0.1) is 27.7 Å². The topological polar surface area (TPSA) is 94.5 Å². The van der Waals surface area contributed by atoms with Gasteiger partial charge in [-0.05, 0) is 29.8 Å². The number of nitro groups is 1. The molecule has 3 rings (SSSR count). The van der Waals surface area contributed by atoms with E-state index in [2.05, 4.69) is 10.5 Å². The average Bonchev–Trinajstić information content (AvgIpc) is 2.85. The van der Waals surface area contributed by atoms with Crippen molar-refractivity contribution in [1.29, 1.82) is 0 Å². The molecule has 0 amide bonds. The molecule has 0 unspecified atom stereocenters. The van der Waals surface area contributed by atoms with Crippen LogP contribution in [0.4, 0.5) is 24.5 Å². The minimum absolute atomic E-state index is 0.178. The van der Waals surface area contributed by atoms with Crippen LogP contribution >= 0.6 is 0 Å². The highest BCUT2D eigenvalue weighted by Crippen LogP contribution is 2.34. The summed E-state index contributed by atoms with van der Waals surface area (Å²) in [7, 11) is 3.26. The summed E-state index contributed by atoms with van der Waals surface area (Å²) in [5, 5.41) is 14.9. The number of halogens is 3. The minimum atomic E-state index is -4.69. The summed E-state index contributed by atoms with van der Waals surface area (Å²) in [6, 6.07) is 7.23. The standard InChI is InChI=1S/C17H14F3N5O3/c1-23-13-6-3-10(7-15(13)24(2)16(23)26)9-21-22-12-5-4-11(17(18,19)20)8-14(12)25(27)28/h3-9,22H,1-2H3/b21-9-. The molecule has 0 saturated heterocycles. The van der Waals surface area contributed by atoms with E-state index < -0.39 is 22.4 Å². The molecule has 0 fully saturated rings. The number of aryl methyl sites for hydroxylation is 2. The van der Waals surface area contributed by atoms with Gasteiger partial charge in [-0.2, -0.15) is 18.3 Å². The smallest absolute Gasteiger partial charge is 0.295 e. The number of rotatable bonds is 4. The quantitative estimate of drug-likeness (QED) is 0.418. The molecule has 1 aromatic heterocycles. The fraction of sp³-hybridized carbons (Fsp3) is 0.176. The fourth-order valence-electron chi connectivity index (χ4n) is 2.73. The van der Waals surface area contributed by atoms with Crippen molar-refractivity contribution in [3.8, 4) is 0 Å². The van der Waals surface area contributed by atoms with Gasteiger partial charge in [-0.3, -0.25) is 24.7 Å². The van der Waals surface area contributed by atoms with Crippen LogP contribution in [0.1, 0.15) is 11.1 Å². The maximum absolute atomic E-state index is 12.7. The Balaban J connectivity index is 1.88. The average molecular weight is 393 g/mol. The lowest BCUT2D eigenvalue weighted by molar-refractivity contribution is -0.384. The molecule has 0 atom stereocenters. The fourth-order valence-corrected chi connectivity index (χ4v) is 2.73. The summed E-state index contributed by atoms with van der Waals surface area (Å²) >= 11 is 0. The molecule has 28 heavy (non-hydrogen) atoms. The van der Waals surface area contributed by atoms with Gasteiger partial charge in [-0.15, -0.1) is 0 Å². The number of nitrogens with one attached hydrogen (secondary N) is 1. The molecule has 0 spiro atoms. The van der Waals surface area contributed by atoms with Crippen LogP contribution in [-0.2, 0) is 20.3 Å². The van der Waals surface area contributed by atoms with Crippen LogP contribution in [0.5, 0.6) is 0 Å². The Kier molecular flexibility index (Phi) is 4.67. The van der Waals surface area contributed by atoms with Crippen LogP contribution in [0, 0.1) is 10.1 Å². The van der Waals surface area contributed by atoms with E-state index in [0.29, 0.717) is 17.1 Å². The molecule has 11 heteroatoms. The largest absolute Gasteiger partial charge is 0.416 e. The zero-order valence-electron chi connectivity index (χ0n) is 14.7. The number of benzene rings is 2. The van der Waals surface area contributed by atoms with E-state index in [0.717, 1.165) is 17.6 Å². The van der Waals surface area contributed by atoms with Crippen LogP contribution in [0.25, 0.3) is 11.0 Å². The summed E-state index contributed by atoms with van der Waals surface area (Å²) in [5.41, 5.74) is 2.13. The molecule has 1 heterocycles. The number of nitro benzene ring substituents is 1. The first-order valence-electron chi connectivity index (χ1n) is 7.90. The van der Waals surface area contributed by atoms with Crippen molar-refractivity contribution in [3.05, 3.63) is 68.1 Å². The summed E-state index contributed by atoms with van der Waals surface area (Å²) in [6.45, 7) is 0. The van der Waals surface area contributed by atoms with Crippen molar-refractivity contribution >= 4 is 28.6 Å². The van der Waals surface area contributed by atoms with Gasteiger partial charge in [0.1, 0.15) is 5.69 Å². The molecule has 2 aromatic carbocycles. The summed E-state index contributed by atoms with van der Waals surface area (Å²) in [6.07, 6.45) is -3.34. The monoisotopic (exact) mass is 393 g/mol. The second kappa shape index (κ2) is 6.83. The zero-order valence-corrected chi connectivity index (χ0v) is 14.7. The maximum atomic E-state index is 12.7. The number of imidazole rings is 1. The van der Waals surface area contributed by atoms with E-state index in [4.69, 9.17) is 0 Å². The summed E-state index contributed by atoms with van der Waals surface area (Å²) < 4.78 is 41.1. The van der Waals surface area contributed by atoms with Crippen molar-refractivity contribution < 1.29 is 18.1 Å². The molecule has 0 saturated carbocycles. The normalized spacial score (nSPS) is 12.0. The number of anilines is 1. The van der Waals surface area contributed by atoms with Crippen molar-refractivity contribution in [1.82, 2.24) is 9.13 Å². The number of aromatic nitrogens is 2. The highest BCUT2D eigenvalue weighted by atomic mass is 19.4. The van der Waals surface area contributed by atoms with E-state index in [1.807, 2.05) is 0 Å². The molecule has 146 valence electrons. The third kappa shape index (κ3) is 3.46. The molecule has 0 aliphatic heterocycles. The van der Waals surface area contributed by atoms with Gasteiger partial charge in [-0.1, -0.05) is 6.07 Å². The molecule has 0 aliphatic carbocycles. The maximum Gasteiger partial charge on any atom is 0.416 e. The predicted octanol–water partition coefficient (Wildman–Crippen LogP) is 3.25. The van der Waals surface area contributed by atoms with E-state index in [9.17, 15) is 28.1 Å². The molecular formula is C17H14F3N5O3. The number of hydrazone groups is 1. The van der Waals surface area contributed by atoms with Gasteiger partial charge in [0.25, 0.3) is 5.69 Å². The third-order valence-corrected chi connectivity index (χ3v) is 4.22. The molecule has 0 bridgehead atoms. The number of hydrogen-bond donors (Lipinski definition) is 1. The van der Waals surface area contributed by atoms with Crippen LogP contribution < -0.4 is 11.1 Å². The molecule has 0 aliphatic rings. The number of nitrogens with zero attached hydrogens (tertiary/aromatic N) is 4. The first kappa shape index (κ1) is 19.1. The van der Waals surface area contributed by atoms with Crippen molar-refractivity contribution in [2.24, 2.45) is 19.2 Å². The SMILES string of the molecule is Cn1c(=O)n(C)c2cc(/C=N\Nc3ccc(C(F)(F)F)cc3[N+](=O)[O-])ccc21. The summed E-state index contributed by atoms with van der Waals surface area (Å²) in [5.74, 6) is 0. The van der Waals surface area contributed by atoms with Crippen molar-refractivity contribution in [2.45, 2.75) is 6.18 Å². The van der Waals surface area contributed by atoms with Gasteiger partial charge in [0, 0.05) is 20.2 Å². The van der Waals surface area contributed by atoms with Gasteiger partial charge < -0.3 is 0 Å². The van der Waals surface area contributed by atoms with Crippen LogP contribution in [0.15, 0.2) is 46.3 Å². The molecule has 8 nitrogen and oxygen atoms in total. The first-order valence-corrected chi connectivity index (χ1v) is 7.90. The van der Waals surface area contributed by atoms with Gasteiger partial charge in [-0.25, -0.2) is 4.79 Å². The number of hydrogen-bond acceptors (Lipinski definition) is 5. The Morgan fingerprint density at radius 3 is 2.43 bits per heavy atom.